The van der Waals surface area contributed by atoms with Gasteiger partial charge in [0.25, 0.3) is 0 Å². The maximum absolute atomic E-state index is 12.1. The van der Waals surface area contributed by atoms with Crippen molar-refractivity contribution in [3.05, 3.63) is 57.5 Å². The summed E-state index contributed by atoms with van der Waals surface area (Å²) in [7, 11) is 1.59. The molecular formula is C15H13BrClNO2. The lowest BCUT2D eigenvalue weighted by Gasteiger charge is -2.10. The molecular weight excluding hydrogens is 342 g/mol. The Hall–Kier alpha value is -1.52. The fourth-order valence-electron chi connectivity index (χ4n) is 1.81. The molecule has 0 heterocycles. The summed E-state index contributed by atoms with van der Waals surface area (Å²) < 4.78 is 6.02. The number of hydrogen-bond acceptors (Lipinski definition) is 2. The normalized spacial score (nSPS) is 10.2. The van der Waals surface area contributed by atoms with E-state index in [1.165, 1.54) is 0 Å². The van der Waals surface area contributed by atoms with E-state index in [-0.39, 0.29) is 12.3 Å². The van der Waals surface area contributed by atoms with Crippen molar-refractivity contribution in [2.45, 2.75) is 6.42 Å². The van der Waals surface area contributed by atoms with Crippen LogP contribution in [0.25, 0.3) is 0 Å². The summed E-state index contributed by atoms with van der Waals surface area (Å²) in [5, 5.41) is 3.40. The van der Waals surface area contributed by atoms with Crippen LogP contribution in [-0.4, -0.2) is 13.0 Å². The lowest BCUT2D eigenvalue weighted by molar-refractivity contribution is -0.115. The van der Waals surface area contributed by atoms with Gasteiger partial charge < -0.3 is 10.1 Å². The quantitative estimate of drug-likeness (QED) is 0.889. The highest BCUT2D eigenvalue weighted by Gasteiger charge is 2.10. The van der Waals surface area contributed by atoms with Crippen molar-refractivity contribution in [3.63, 3.8) is 0 Å². The van der Waals surface area contributed by atoms with Gasteiger partial charge in [-0.05, 0) is 40.2 Å². The molecule has 0 aliphatic carbocycles. The molecule has 2 rings (SSSR count). The average molecular weight is 355 g/mol. The van der Waals surface area contributed by atoms with E-state index < -0.39 is 0 Å². The third kappa shape index (κ3) is 3.74. The average Bonchev–Trinajstić information content (AvgIpc) is 2.43. The molecule has 2 aromatic carbocycles. The summed E-state index contributed by atoms with van der Waals surface area (Å²) in [6.45, 7) is 0. The fourth-order valence-corrected chi connectivity index (χ4v) is 2.33. The SMILES string of the molecule is COc1ccccc1CC(=O)Nc1cc(Cl)ccc1Br. The molecule has 0 spiro atoms. The molecule has 0 saturated heterocycles. The second kappa shape index (κ2) is 6.77. The van der Waals surface area contributed by atoms with E-state index >= 15 is 0 Å². The van der Waals surface area contributed by atoms with E-state index in [0.717, 1.165) is 10.0 Å². The Morgan fingerprint density at radius 2 is 2.05 bits per heavy atom. The van der Waals surface area contributed by atoms with E-state index in [2.05, 4.69) is 21.2 Å². The number of ether oxygens (including phenoxy) is 1. The zero-order valence-electron chi connectivity index (χ0n) is 10.8. The van der Waals surface area contributed by atoms with Crippen LogP contribution >= 0.6 is 27.5 Å². The molecule has 0 saturated carbocycles. The van der Waals surface area contributed by atoms with Crippen LogP contribution in [0, 0.1) is 0 Å². The Morgan fingerprint density at radius 3 is 2.80 bits per heavy atom. The molecule has 20 heavy (non-hydrogen) atoms. The molecule has 0 unspecified atom stereocenters. The van der Waals surface area contributed by atoms with Crippen LogP contribution in [0.3, 0.4) is 0 Å². The van der Waals surface area contributed by atoms with Gasteiger partial charge in [-0.2, -0.15) is 0 Å². The number of para-hydroxylation sites is 1. The number of nitrogens with one attached hydrogen (secondary N) is 1. The Balaban J connectivity index is 2.11. The second-order valence-corrected chi connectivity index (χ2v) is 5.45. The minimum atomic E-state index is -0.127. The van der Waals surface area contributed by atoms with Crippen molar-refractivity contribution in [3.8, 4) is 5.75 Å². The molecule has 0 bridgehead atoms. The van der Waals surface area contributed by atoms with Crippen molar-refractivity contribution in [1.29, 1.82) is 0 Å². The van der Waals surface area contributed by atoms with Crippen molar-refractivity contribution in [1.82, 2.24) is 0 Å². The number of benzene rings is 2. The number of amides is 1. The number of anilines is 1. The van der Waals surface area contributed by atoms with Gasteiger partial charge in [0.1, 0.15) is 5.75 Å². The van der Waals surface area contributed by atoms with Crippen molar-refractivity contribution >= 4 is 39.1 Å². The van der Waals surface area contributed by atoms with Crippen LogP contribution in [0.15, 0.2) is 46.9 Å². The van der Waals surface area contributed by atoms with Crippen LogP contribution in [0.2, 0.25) is 5.02 Å². The Bertz CT molecular complexity index is 631. The molecule has 3 nitrogen and oxygen atoms in total. The van der Waals surface area contributed by atoms with Gasteiger partial charge >= 0.3 is 0 Å². The predicted molar refractivity (Wildman–Crippen MR) is 84.5 cm³/mol. The number of methoxy groups -OCH3 is 1. The molecule has 0 atom stereocenters. The number of rotatable bonds is 4. The number of carbonyl (C=O) groups is 1. The van der Waals surface area contributed by atoms with E-state index in [0.29, 0.717) is 16.5 Å². The number of halogens is 2. The predicted octanol–water partition coefficient (Wildman–Crippen LogP) is 4.29. The maximum Gasteiger partial charge on any atom is 0.228 e. The molecule has 2 aromatic rings. The standard InChI is InChI=1S/C15H13BrClNO2/c1-20-14-5-3-2-4-10(14)8-15(19)18-13-9-11(17)6-7-12(13)16/h2-7,9H,8H2,1H3,(H,18,19). The maximum atomic E-state index is 12.1. The summed E-state index contributed by atoms with van der Waals surface area (Å²) in [5.74, 6) is 0.574. The smallest absolute Gasteiger partial charge is 0.228 e. The van der Waals surface area contributed by atoms with Gasteiger partial charge in [-0.15, -0.1) is 0 Å². The first-order valence-electron chi connectivity index (χ1n) is 5.97. The van der Waals surface area contributed by atoms with Gasteiger partial charge in [0.05, 0.1) is 19.2 Å². The lowest BCUT2D eigenvalue weighted by Crippen LogP contribution is -2.15. The first-order chi connectivity index (χ1) is 9.60. The summed E-state index contributed by atoms with van der Waals surface area (Å²) in [5.41, 5.74) is 1.49. The van der Waals surface area contributed by atoms with Crippen molar-refractivity contribution in [2.75, 3.05) is 12.4 Å². The van der Waals surface area contributed by atoms with Gasteiger partial charge in [0, 0.05) is 15.1 Å². The summed E-state index contributed by atoms with van der Waals surface area (Å²) in [4.78, 5) is 12.1. The highest BCUT2D eigenvalue weighted by Crippen LogP contribution is 2.26. The van der Waals surface area contributed by atoms with Crippen LogP contribution in [0.5, 0.6) is 5.75 Å². The zero-order chi connectivity index (χ0) is 14.5. The summed E-state index contributed by atoms with van der Waals surface area (Å²) in [6.07, 6.45) is 0.239. The Morgan fingerprint density at radius 1 is 1.30 bits per heavy atom. The van der Waals surface area contributed by atoms with E-state index in [1.807, 2.05) is 24.3 Å². The van der Waals surface area contributed by atoms with E-state index in [1.54, 1.807) is 25.3 Å². The molecule has 0 aromatic heterocycles. The van der Waals surface area contributed by atoms with Gasteiger partial charge in [0.15, 0.2) is 0 Å². The summed E-state index contributed by atoms with van der Waals surface area (Å²) >= 11 is 9.29. The molecule has 5 heteroatoms. The summed E-state index contributed by atoms with van der Waals surface area (Å²) in [6, 6.07) is 12.7. The molecule has 0 fully saturated rings. The van der Waals surface area contributed by atoms with E-state index in [9.17, 15) is 4.79 Å². The van der Waals surface area contributed by atoms with E-state index in [4.69, 9.17) is 16.3 Å². The topological polar surface area (TPSA) is 38.3 Å². The van der Waals surface area contributed by atoms with Crippen LogP contribution < -0.4 is 10.1 Å². The highest BCUT2D eigenvalue weighted by molar-refractivity contribution is 9.10. The monoisotopic (exact) mass is 353 g/mol. The van der Waals surface area contributed by atoms with Crippen molar-refractivity contribution < 1.29 is 9.53 Å². The Labute approximate surface area is 131 Å². The molecule has 1 N–H and O–H groups in total. The fraction of sp³-hybridized carbons (Fsp3) is 0.133. The van der Waals surface area contributed by atoms with Crippen LogP contribution in [0.4, 0.5) is 5.69 Å². The molecule has 104 valence electrons. The van der Waals surface area contributed by atoms with Crippen LogP contribution in [-0.2, 0) is 11.2 Å². The first kappa shape index (κ1) is 14.9. The minimum Gasteiger partial charge on any atom is -0.496 e. The third-order valence-corrected chi connectivity index (χ3v) is 3.67. The largest absolute Gasteiger partial charge is 0.496 e. The second-order valence-electron chi connectivity index (χ2n) is 4.16. The van der Waals surface area contributed by atoms with Crippen molar-refractivity contribution in [2.24, 2.45) is 0 Å². The zero-order valence-corrected chi connectivity index (χ0v) is 13.2. The van der Waals surface area contributed by atoms with Gasteiger partial charge in [-0.25, -0.2) is 0 Å². The van der Waals surface area contributed by atoms with Gasteiger partial charge in [0.2, 0.25) is 5.91 Å². The molecule has 0 aliphatic heterocycles. The number of hydrogen-bond donors (Lipinski definition) is 1. The Kier molecular flexibility index (Phi) is 5.04. The lowest BCUT2D eigenvalue weighted by atomic mass is 10.1. The van der Waals surface area contributed by atoms with Gasteiger partial charge in [-0.1, -0.05) is 29.8 Å². The molecule has 0 aliphatic rings. The third-order valence-electron chi connectivity index (χ3n) is 2.75. The van der Waals surface area contributed by atoms with Crippen LogP contribution in [0.1, 0.15) is 5.56 Å². The minimum absolute atomic E-state index is 0.127. The number of carbonyl (C=O) groups excluding carboxylic acids is 1. The first-order valence-corrected chi connectivity index (χ1v) is 7.14. The van der Waals surface area contributed by atoms with Gasteiger partial charge in [-0.3, -0.25) is 4.79 Å². The molecule has 0 radical (unpaired) electrons. The molecule has 1 amide bonds. The highest BCUT2D eigenvalue weighted by atomic mass is 79.9.